The van der Waals surface area contributed by atoms with Gasteiger partial charge in [0.15, 0.2) is 0 Å². The smallest absolute Gasteiger partial charge is 0.332 e. The van der Waals surface area contributed by atoms with Gasteiger partial charge in [0.1, 0.15) is 18.0 Å². The molecule has 6 heteroatoms. The van der Waals surface area contributed by atoms with E-state index in [-0.39, 0.29) is 31.3 Å². The number of H-pyrrole nitrogens is 1. The predicted octanol–water partition coefficient (Wildman–Crippen LogP) is 5.44. The second-order valence-corrected chi connectivity index (χ2v) is 10.1. The standard InChI is InChI=1S/C30H41N3O3/c1-21(2)29-24-13-12-22(3)19-23(24)14-15-30(29,36-28(34)20-35-5)16-18-33(4)17-8-11-27-31-25-9-6-7-10-26(25)32-27/h6-7,9-10,12-13,19,21,29H,8,11,14-18,20H2,1-5H3,(H,31,32)/t29-,30-/m0/s1/i17D2,18D2. The number of ether oxygens (including phenoxy) is 2. The zero-order valence-electron chi connectivity index (χ0n) is 26.1. The van der Waals surface area contributed by atoms with Crippen LogP contribution in [0.15, 0.2) is 42.5 Å². The van der Waals surface area contributed by atoms with Crippen LogP contribution in [0.5, 0.6) is 0 Å². The van der Waals surface area contributed by atoms with Gasteiger partial charge in [-0.15, -0.1) is 0 Å². The Bertz CT molecular complexity index is 1310. The molecule has 0 unspecified atom stereocenters. The van der Waals surface area contributed by atoms with Crippen LogP contribution in [0.25, 0.3) is 11.0 Å². The number of esters is 1. The number of carbonyl (C=O) groups excluding carboxylic acids is 1. The third kappa shape index (κ3) is 5.98. The van der Waals surface area contributed by atoms with Gasteiger partial charge in [-0.05, 0) is 68.9 Å². The lowest BCUT2D eigenvalue weighted by Gasteiger charge is -2.47. The summed E-state index contributed by atoms with van der Waals surface area (Å²) < 4.78 is 47.1. The second kappa shape index (κ2) is 11.6. The fraction of sp³-hybridized carbons (Fsp3) is 0.533. The lowest BCUT2D eigenvalue weighted by atomic mass is 9.65. The van der Waals surface area contributed by atoms with E-state index in [1.807, 2.05) is 37.3 Å². The molecule has 1 aliphatic rings. The molecule has 6 nitrogen and oxygen atoms in total. The average Bonchev–Trinajstić information content (AvgIpc) is 3.30. The fourth-order valence-electron chi connectivity index (χ4n) is 5.50. The highest BCUT2D eigenvalue weighted by molar-refractivity contribution is 5.74. The van der Waals surface area contributed by atoms with E-state index < -0.39 is 24.6 Å². The number of nitrogens with one attached hydrogen (secondary N) is 1. The number of para-hydroxylation sites is 2. The maximum absolute atomic E-state index is 12.9. The van der Waals surface area contributed by atoms with Crippen LogP contribution in [0, 0.1) is 12.8 Å². The van der Waals surface area contributed by atoms with Crippen molar-refractivity contribution in [1.82, 2.24) is 14.9 Å². The van der Waals surface area contributed by atoms with Crippen LogP contribution in [-0.4, -0.2) is 60.2 Å². The zero-order valence-corrected chi connectivity index (χ0v) is 22.1. The predicted molar refractivity (Wildman–Crippen MR) is 144 cm³/mol. The Balaban J connectivity index is 1.62. The summed E-state index contributed by atoms with van der Waals surface area (Å²) in [6.07, 6.45) is 1.26. The van der Waals surface area contributed by atoms with Crippen LogP contribution in [0.4, 0.5) is 0 Å². The maximum Gasteiger partial charge on any atom is 0.332 e. The molecule has 0 radical (unpaired) electrons. The van der Waals surface area contributed by atoms with E-state index in [2.05, 4.69) is 35.9 Å². The molecule has 0 spiro atoms. The van der Waals surface area contributed by atoms with Crippen molar-refractivity contribution in [1.29, 1.82) is 0 Å². The van der Waals surface area contributed by atoms with E-state index in [0.29, 0.717) is 25.1 Å². The Morgan fingerprint density at radius 1 is 1.28 bits per heavy atom. The quantitative estimate of drug-likeness (QED) is 0.359. The monoisotopic (exact) mass is 495 g/mol. The number of aromatic amines is 1. The first kappa shape index (κ1) is 21.4. The van der Waals surface area contributed by atoms with Gasteiger partial charge in [-0.2, -0.15) is 0 Å². The number of benzene rings is 2. The van der Waals surface area contributed by atoms with Crippen molar-refractivity contribution in [3.63, 3.8) is 0 Å². The van der Waals surface area contributed by atoms with E-state index >= 15 is 0 Å². The van der Waals surface area contributed by atoms with E-state index in [4.69, 9.17) is 15.0 Å². The van der Waals surface area contributed by atoms with Gasteiger partial charge < -0.3 is 19.4 Å². The lowest BCUT2D eigenvalue weighted by Crippen LogP contribution is -2.49. The van der Waals surface area contributed by atoms with Crippen molar-refractivity contribution >= 4 is 17.0 Å². The number of rotatable bonds is 11. The minimum atomic E-state index is -2.12. The van der Waals surface area contributed by atoms with Gasteiger partial charge in [-0.1, -0.05) is 49.7 Å². The SMILES string of the molecule is [2H]C([2H])(CCc1nc2ccccc2[nH]1)N(C)C([2H])([2H])C[C@@]1(OC(=O)COC)CCc2cc(C)ccc2[C@@H]1C(C)C. The Labute approximate surface area is 221 Å². The first-order valence-corrected chi connectivity index (χ1v) is 12.8. The molecule has 1 heterocycles. The van der Waals surface area contributed by atoms with Gasteiger partial charge >= 0.3 is 5.97 Å². The van der Waals surface area contributed by atoms with Gasteiger partial charge in [-0.3, -0.25) is 0 Å². The molecule has 0 aliphatic heterocycles. The third-order valence-corrected chi connectivity index (χ3v) is 7.03. The molecular weight excluding hydrogens is 450 g/mol. The average molecular weight is 496 g/mol. The maximum atomic E-state index is 12.9. The molecule has 194 valence electrons. The van der Waals surface area contributed by atoms with Crippen molar-refractivity contribution in [2.45, 2.75) is 64.4 Å². The first-order valence-electron chi connectivity index (χ1n) is 14.8. The van der Waals surface area contributed by atoms with Gasteiger partial charge in [-0.25, -0.2) is 9.78 Å². The summed E-state index contributed by atoms with van der Waals surface area (Å²) in [5, 5.41) is 0. The van der Waals surface area contributed by atoms with E-state index in [1.165, 1.54) is 19.7 Å². The van der Waals surface area contributed by atoms with Crippen molar-refractivity contribution in [2.24, 2.45) is 5.92 Å². The first-order chi connectivity index (χ1) is 18.8. The van der Waals surface area contributed by atoms with Crippen LogP contribution in [-0.2, 0) is 27.1 Å². The molecule has 1 N–H and O–H groups in total. The van der Waals surface area contributed by atoms with Gasteiger partial charge in [0.2, 0.25) is 0 Å². The lowest BCUT2D eigenvalue weighted by molar-refractivity contribution is -0.172. The number of fused-ring (bicyclic) bond motifs is 2. The molecule has 2 atom stereocenters. The molecule has 1 aromatic heterocycles. The Morgan fingerprint density at radius 2 is 2.08 bits per heavy atom. The minimum absolute atomic E-state index is 0.0367. The number of aromatic nitrogens is 2. The van der Waals surface area contributed by atoms with E-state index in [0.717, 1.165) is 27.1 Å². The fourth-order valence-corrected chi connectivity index (χ4v) is 5.50. The number of carbonyl (C=O) groups is 1. The number of methoxy groups -OCH3 is 1. The van der Waals surface area contributed by atoms with Crippen LogP contribution >= 0.6 is 0 Å². The number of nitrogens with zero attached hydrogens (tertiary/aromatic N) is 2. The van der Waals surface area contributed by atoms with Gasteiger partial charge in [0.05, 0.1) is 11.0 Å². The summed E-state index contributed by atoms with van der Waals surface area (Å²) in [6, 6.07) is 13.9. The van der Waals surface area contributed by atoms with Crippen molar-refractivity contribution < 1.29 is 19.8 Å². The molecule has 4 rings (SSSR count). The molecule has 3 aromatic rings. The normalized spacial score (nSPS) is 22.1. The summed E-state index contributed by atoms with van der Waals surface area (Å²) in [5.41, 5.74) is 3.93. The molecule has 0 fully saturated rings. The van der Waals surface area contributed by atoms with Crippen molar-refractivity contribution in [3.05, 3.63) is 65.0 Å². The molecule has 0 saturated carbocycles. The molecule has 36 heavy (non-hydrogen) atoms. The van der Waals surface area contributed by atoms with Crippen LogP contribution in [0.2, 0.25) is 0 Å². The van der Waals surface area contributed by atoms with Crippen molar-refractivity contribution in [2.75, 3.05) is 33.8 Å². The van der Waals surface area contributed by atoms with E-state index in [1.54, 1.807) is 0 Å². The Morgan fingerprint density at radius 3 is 2.83 bits per heavy atom. The molecular formula is C30H41N3O3. The number of imidazole rings is 1. The summed E-state index contributed by atoms with van der Waals surface area (Å²) in [7, 11) is 2.89. The van der Waals surface area contributed by atoms with Crippen LogP contribution < -0.4 is 0 Å². The molecule has 0 amide bonds. The third-order valence-electron chi connectivity index (χ3n) is 7.03. The number of aryl methyl sites for hydroxylation is 3. The highest BCUT2D eigenvalue weighted by atomic mass is 16.6. The summed E-state index contributed by atoms with van der Waals surface area (Å²) in [6.45, 7) is 1.82. The highest BCUT2D eigenvalue weighted by Crippen LogP contribution is 2.48. The molecule has 1 aliphatic carbocycles. The largest absolute Gasteiger partial charge is 0.457 e. The van der Waals surface area contributed by atoms with E-state index in [9.17, 15) is 4.79 Å². The molecule has 0 saturated heterocycles. The van der Waals surface area contributed by atoms with Crippen LogP contribution in [0.1, 0.15) is 67.0 Å². The Hall–Kier alpha value is -2.70. The topological polar surface area (TPSA) is 67.5 Å². The second-order valence-electron chi connectivity index (χ2n) is 10.1. The zero-order chi connectivity index (χ0) is 29.3. The number of hydrogen-bond acceptors (Lipinski definition) is 5. The molecule has 0 bridgehead atoms. The highest BCUT2D eigenvalue weighted by Gasteiger charge is 2.47. The van der Waals surface area contributed by atoms with Crippen LogP contribution in [0.3, 0.4) is 0 Å². The summed E-state index contributed by atoms with van der Waals surface area (Å²) in [5.74, 6) is -0.108. The van der Waals surface area contributed by atoms with Gasteiger partial charge in [0.25, 0.3) is 0 Å². The summed E-state index contributed by atoms with van der Waals surface area (Å²) >= 11 is 0. The Kier molecular flexibility index (Phi) is 6.87. The summed E-state index contributed by atoms with van der Waals surface area (Å²) in [4.78, 5) is 21.8. The molecule has 2 aromatic carbocycles. The number of hydrogen-bond donors (Lipinski definition) is 1. The minimum Gasteiger partial charge on any atom is -0.457 e. The van der Waals surface area contributed by atoms with Gasteiger partial charge in [0, 0.05) is 37.8 Å². The van der Waals surface area contributed by atoms with Crippen molar-refractivity contribution in [3.8, 4) is 0 Å².